The first-order valence-corrected chi connectivity index (χ1v) is 8.23. The van der Waals surface area contributed by atoms with Gasteiger partial charge in [0.05, 0.1) is 12.5 Å². The maximum atomic E-state index is 13.2. The van der Waals surface area contributed by atoms with E-state index in [-0.39, 0.29) is 17.8 Å². The maximum Gasteiger partial charge on any atom is 0.226 e. The second kappa shape index (κ2) is 6.79. The number of nitrogens with zero attached hydrogens (tertiary/aromatic N) is 1. The van der Waals surface area contributed by atoms with Crippen LogP contribution in [0.25, 0.3) is 0 Å². The predicted octanol–water partition coefficient (Wildman–Crippen LogP) is 4.62. The molecule has 1 aromatic carbocycles. The van der Waals surface area contributed by atoms with Gasteiger partial charge < -0.3 is 9.88 Å². The number of aromatic nitrogens is 1. The minimum atomic E-state index is -0.302. The first-order chi connectivity index (χ1) is 11.1. The Morgan fingerprint density at radius 1 is 1.26 bits per heavy atom. The van der Waals surface area contributed by atoms with Crippen LogP contribution < -0.4 is 5.32 Å². The van der Waals surface area contributed by atoms with E-state index in [9.17, 15) is 9.18 Å². The van der Waals surface area contributed by atoms with Crippen LogP contribution in [-0.4, -0.2) is 10.5 Å². The molecular formula is C18H17FN2OS. The van der Waals surface area contributed by atoms with Crippen LogP contribution in [0.1, 0.15) is 22.9 Å². The first-order valence-electron chi connectivity index (χ1n) is 7.35. The SMILES string of the molecule is Cc1cc(F)ccc1NC(=O)C[C@H](c1cccs1)n1cccc1. The lowest BCUT2D eigenvalue weighted by molar-refractivity contribution is -0.116. The van der Waals surface area contributed by atoms with Gasteiger partial charge in [-0.3, -0.25) is 4.79 Å². The number of hydrogen-bond donors (Lipinski definition) is 1. The number of aryl methyl sites for hydroxylation is 1. The largest absolute Gasteiger partial charge is 0.346 e. The summed E-state index contributed by atoms with van der Waals surface area (Å²) in [5, 5.41) is 4.89. The highest BCUT2D eigenvalue weighted by molar-refractivity contribution is 7.10. The van der Waals surface area contributed by atoms with Crippen molar-refractivity contribution in [2.45, 2.75) is 19.4 Å². The van der Waals surface area contributed by atoms with Gasteiger partial charge in [0.1, 0.15) is 5.82 Å². The van der Waals surface area contributed by atoms with Gasteiger partial charge in [-0.25, -0.2) is 4.39 Å². The van der Waals surface area contributed by atoms with E-state index in [4.69, 9.17) is 0 Å². The molecule has 3 nitrogen and oxygen atoms in total. The van der Waals surface area contributed by atoms with Gasteiger partial charge in [-0.2, -0.15) is 0 Å². The van der Waals surface area contributed by atoms with Gasteiger partial charge in [0.2, 0.25) is 5.91 Å². The van der Waals surface area contributed by atoms with Crippen LogP contribution in [0.4, 0.5) is 10.1 Å². The molecule has 0 radical (unpaired) electrons. The van der Waals surface area contributed by atoms with E-state index in [1.165, 1.54) is 12.1 Å². The molecule has 3 rings (SSSR count). The van der Waals surface area contributed by atoms with E-state index in [0.29, 0.717) is 17.7 Å². The van der Waals surface area contributed by atoms with Gasteiger partial charge in [-0.15, -0.1) is 11.3 Å². The van der Waals surface area contributed by atoms with E-state index >= 15 is 0 Å². The van der Waals surface area contributed by atoms with Gasteiger partial charge in [0, 0.05) is 23.0 Å². The van der Waals surface area contributed by atoms with Gasteiger partial charge in [-0.1, -0.05) is 6.07 Å². The minimum absolute atomic E-state index is 0.0363. The Labute approximate surface area is 138 Å². The molecular weight excluding hydrogens is 311 g/mol. The number of halogens is 1. The summed E-state index contributed by atoms with van der Waals surface area (Å²) in [7, 11) is 0. The number of carbonyl (C=O) groups is 1. The first kappa shape index (κ1) is 15.5. The van der Waals surface area contributed by atoms with E-state index in [1.54, 1.807) is 24.3 Å². The van der Waals surface area contributed by atoms with Crippen molar-refractivity contribution in [3.63, 3.8) is 0 Å². The molecule has 0 bridgehead atoms. The third-order valence-corrected chi connectivity index (χ3v) is 4.67. The molecule has 1 N–H and O–H groups in total. The lowest BCUT2D eigenvalue weighted by atomic mass is 10.1. The molecule has 0 aliphatic carbocycles. The van der Waals surface area contributed by atoms with Crippen molar-refractivity contribution in [2.24, 2.45) is 0 Å². The molecule has 0 aliphatic heterocycles. The quantitative estimate of drug-likeness (QED) is 0.729. The summed E-state index contributed by atoms with van der Waals surface area (Å²) < 4.78 is 15.2. The Bertz CT molecular complexity index is 747. The van der Waals surface area contributed by atoms with Gasteiger partial charge in [-0.05, 0) is 54.3 Å². The van der Waals surface area contributed by atoms with Crippen molar-refractivity contribution in [1.82, 2.24) is 4.57 Å². The summed E-state index contributed by atoms with van der Waals surface area (Å²) in [5.74, 6) is -0.392. The Morgan fingerprint density at radius 3 is 2.70 bits per heavy atom. The molecule has 23 heavy (non-hydrogen) atoms. The van der Waals surface area contributed by atoms with Crippen LogP contribution in [0.5, 0.6) is 0 Å². The monoisotopic (exact) mass is 328 g/mol. The molecule has 0 saturated heterocycles. The lowest BCUT2D eigenvalue weighted by Crippen LogP contribution is -2.19. The van der Waals surface area contributed by atoms with Crippen molar-refractivity contribution in [2.75, 3.05) is 5.32 Å². The highest BCUT2D eigenvalue weighted by atomic mass is 32.1. The number of benzene rings is 1. The molecule has 0 unspecified atom stereocenters. The highest BCUT2D eigenvalue weighted by Crippen LogP contribution is 2.27. The molecule has 2 aromatic heterocycles. The zero-order valence-corrected chi connectivity index (χ0v) is 13.5. The lowest BCUT2D eigenvalue weighted by Gasteiger charge is -2.18. The van der Waals surface area contributed by atoms with Crippen LogP contribution in [-0.2, 0) is 4.79 Å². The number of nitrogens with one attached hydrogen (secondary N) is 1. The molecule has 0 aliphatic rings. The van der Waals surface area contributed by atoms with Crippen LogP contribution in [0.3, 0.4) is 0 Å². The number of anilines is 1. The molecule has 1 amide bonds. The van der Waals surface area contributed by atoms with E-state index in [1.807, 2.05) is 46.6 Å². The molecule has 1 atom stereocenters. The molecule has 0 fully saturated rings. The summed E-state index contributed by atoms with van der Waals surface area (Å²) in [6.07, 6.45) is 4.24. The normalized spacial score (nSPS) is 12.1. The summed E-state index contributed by atoms with van der Waals surface area (Å²) in [4.78, 5) is 13.6. The number of rotatable bonds is 5. The summed E-state index contributed by atoms with van der Waals surface area (Å²) >= 11 is 1.63. The van der Waals surface area contributed by atoms with Crippen molar-refractivity contribution in [1.29, 1.82) is 0 Å². The van der Waals surface area contributed by atoms with Gasteiger partial charge in [0.15, 0.2) is 0 Å². The maximum absolute atomic E-state index is 13.2. The fourth-order valence-corrected chi connectivity index (χ4v) is 3.37. The average molecular weight is 328 g/mol. The number of hydrogen-bond acceptors (Lipinski definition) is 2. The Hall–Kier alpha value is -2.40. The zero-order chi connectivity index (χ0) is 16.2. The summed E-state index contributed by atoms with van der Waals surface area (Å²) in [5.41, 5.74) is 1.36. The Kier molecular flexibility index (Phi) is 4.57. The predicted molar refractivity (Wildman–Crippen MR) is 91.3 cm³/mol. The second-order valence-corrected chi connectivity index (χ2v) is 6.35. The number of thiophene rings is 1. The highest BCUT2D eigenvalue weighted by Gasteiger charge is 2.18. The summed E-state index contributed by atoms with van der Waals surface area (Å²) in [6, 6.07) is 12.2. The third-order valence-electron chi connectivity index (χ3n) is 3.70. The molecule has 0 spiro atoms. The van der Waals surface area contributed by atoms with Crippen LogP contribution in [0, 0.1) is 12.7 Å². The third kappa shape index (κ3) is 3.68. The van der Waals surface area contributed by atoms with E-state index in [0.717, 1.165) is 4.88 Å². The van der Waals surface area contributed by atoms with E-state index in [2.05, 4.69) is 5.32 Å². The summed E-state index contributed by atoms with van der Waals surface area (Å²) in [6.45, 7) is 1.78. The Morgan fingerprint density at radius 2 is 2.04 bits per heavy atom. The van der Waals surface area contributed by atoms with Crippen LogP contribution in [0.15, 0.2) is 60.2 Å². The number of amides is 1. The molecule has 2 heterocycles. The fourth-order valence-electron chi connectivity index (χ4n) is 2.53. The van der Waals surface area contributed by atoms with E-state index < -0.39 is 0 Å². The van der Waals surface area contributed by atoms with Crippen LogP contribution in [0.2, 0.25) is 0 Å². The molecule has 3 aromatic rings. The van der Waals surface area contributed by atoms with Crippen LogP contribution >= 0.6 is 11.3 Å². The molecule has 5 heteroatoms. The second-order valence-electron chi connectivity index (χ2n) is 5.37. The smallest absolute Gasteiger partial charge is 0.226 e. The van der Waals surface area contributed by atoms with Crippen molar-refractivity contribution >= 4 is 22.9 Å². The van der Waals surface area contributed by atoms with Gasteiger partial charge in [0.25, 0.3) is 0 Å². The van der Waals surface area contributed by atoms with Crippen molar-refractivity contribution in [3.05, 3.63) is 76.5 Å². The zero-order valence-electron chi connectivity index (χ0n) is 12.7. The molecule has 0 saturated carbocycles. The molecule has 118 valence electrons. The fraction of sp³-hybridized carbons (Fsp3) is 0.167. The average Bonchev–Trinajstić information content (AvgIpc) is 3.21. The number of carbonyl (C=O) groups excluding carboxylic acids is 1. The Balaban J connectivity index is 1.76. The topological polar surface area (TPSA) is 34.0 Å². The van der Waals surface area contributed by atoms with Gasteiger partial charge >= 0.3 is 0 Å². The van der Waals surface area contributed by atoms with Crippen molar-refractivity contribution in [3.8, 4) is 0 Å². The van der Waals surface area contributed by atoms with Crippen molar-refractivity contribution < 1.29 is 9.18 Å². The minimum Gasteiger partial charge on any atom is -0.346 e. The standard InChI is InChI=1S/C18H17FN2OS/c1-13-11-14(19)6-7-15(13)20-18(22)12-16(17-5-4-10-23-17)21-8-2-3-9-21/h2-11,16H,12H2,1H3,(H,20,22)/t16-/m1/s1.